The minimum absolute atomic E-state index is 0.461. The summed E-state index contributed by atoms with van der Waals surface area (Å²) in [6.45, 7) is 4.21. The van der Waals surface area contributed by atoms with Gasteiger partial charge in [-0.15, -0.1) is 0 Å². The quantitative estimate of drug-likeness (QED) is 0.642. The van der Waals surface area contributed by atoms with E-state index in [1.165, 1.54) is 14.0 Å². The van der Waals surface area contributed by atoms with E-state index < -0.39 is 57.3 Å². The van der Waals surface area contributed by atoms with Crippen LogP contribution in [0.15, 0.2) is 42.7 Å². The van der Waals surface area contributed by atoms with E-state index in [2.05, 4.69) is 9.97 Å². The van der Waals surface area contributed by atoms with Crippen molar-refractivity contribution in [1.82, 2.24) is 14.3 Å². The van der Waals surface area contributed by atoms with Gasteiger partial charge in [-0.2, -0.15) is 0 Å². The maximum atomic E-state index is 14.9. The van der Waals surface area contributed by atoms with E-state index in [0.717, 1.165) is 22.4 Å². The molecular formula is C24H27F2N3O4S. The van der Waals surface area contributed by atoms with Gasteiger partial charge < -0.3 is 4.74 Å². The molecule has 0 aromatic carbocycles. The van der Waals surface area contributed by atoms with Crippen molar-refractivity contribution < 1.29 is 26.7 Å². The van der Waals surface area contributed by atoms with E-state index >= 15 is 0 Å². The van der Waals surface area contributed by atoms with Crippen LogP contribution in [0, 0.1) is 17.8 Å². The molecule has 1 aliphatic heterocycles. The van der Waals surface area contributed by atoms with Crippen molar-refractivity contribution in [3.05, 3.63) is 48.4 Å². The number of hydrogen-bond acceptors (Lipinski definition) is 6. The Balaban J connectivity index is 1.65. The van der Waals surface area contributed by atoms with Crippen molar-refractivity contribution >= 4 is 22.0 Å². The van der Waals surface area contributed by atoms with Gasteiger partial charge in [-0.1, -0.05) is 19.1 Å². The van der Waals surface area contributed by atoms with E-state index in [1.807, 2.05) is 12.1 Å². The molecule has 182 valence electrons. The molecule has 0 N–H and O–H groups in total. The molecule has 0 bridgehead atoms. The molecule has 0 spiro atoms. The highest BCUT2D eigenvalue weighted by Crippen LogP contribution is 2.53. The van der Waals surface area contributed by atoms with Crippen LogP contribution in [0.3, 0.4) is 0 Å². The molecule has 1 aliphatic carbocycles. The molecule has 1 saturated heterocycles. The van der Waals surface area contributed by atoms with Gasteiger partial charge in [0.25, 0.3) is 5.92 Å². The highest BCUT2D eigenvalue weighted by molar-refractivity contribution is 7.90. The normalized spacial score (nSPS) is 29.7. The summed E-state index contributed by atoms with van der Waals surface area (Å²) in [5.74, 6) is -5.83. The zero-order valence-electron chi connectivity index (χ0n) is 19.4. The first kappa shape index (κ1) is 24.3. The van der Waals surface area contributed by atoms with Crippen LogP contribution >= 0.6 is 0 Å². The number of allylic oxidation sites excluding steroid dienone is 1. The zero-order chi connectivity index (χ0) is 24.8. The second-order valence-electron chi connectivity index (χ2n) is 8.94. The fourth-order valence-corrected chi connectivity index (χ4v) is 7.82. The van der Waals surface area contributed by atoms with Crippen molar-refractivity contribution in [2.45, 2.75) is 44.4 Å². The predicted molar refractivity (Wildman–Crippen MR) is 123 cm³/mol. The van der Waals surface area contributed by atoms with Gasteiger partial charge in [-0.3, -0.25) is 9.78 Å². The number of carbonyl (C=O) groups excluding carboxylic acids is 1. The minimum Gasteiger partial charge on any atom is -0.481 e. The fraction of sp³-hybridized carbons (Fsp3) is 0.458. The third-order valence-corrected chi connectivity index (χ3v) is 9.42. The lowest BCUT2D eigenvalue weighted by molar-refractivity contribution is -0.127. The van der Waals surface area contributed by atoms with E-state index in [9.17, 15) is 22.0 Å². The summed E-state index contributed by atoms with van der Waals surface area (Å²) in [7, 11) is -2.62. The third kappa shape index (κ3) is 3.97. The highest BCUT2D eigenvalue weighted by atomic mass is 32.2. The van der Waals surface area contributed by atoms with Gasteiger partial charge in [0.1, 0.15) is 0 Å². The lowest BCUT2D eigenvalue weighted by Crippen LogP contribution is -2.49. The summed E-state index contributed by atoms with van der Waals surface area (Å²) >= 11 is 0. The average Bonchev–Trinajstić information content (AvgIpc) is 2.98. The molecule has 1 saturated carbocycles. The van der Waals surface area contributed by atoms with Crippen molar-refractivity contribution in [2.75, 3.05) is 7.11 Å². The third-order valence-electron chi connectivity index (χ3n) is 7.04. The summed E-state index contributed by atoms with van der Waals surface area (Å²) in [6.07, 6.45) is 5.75. The predicted octanol–water partition coefficient (Wildman–Crippen LogP) is 4.02. The molecule has 2 aromatic heterocycles. The number of halogens is 2. The van der Waals surface area contributed by atoms with Crippen molar-refractivity contribution in [3.8, 4) is 17.0 Å². The van der Waals surface area contributed by atoms with Crippen LogP contribution in [-0.4, -0.2) is 52.9 Å². The number of carbonyl (C=O) groups is 1. The van der Waals surface area contributed by atoms with Gasteiger partial charge in [-0.25, -0.2) is 26.5 Å². The van der Waals surface area contributed by atoms with Gasteiger partial charge >= 0.3 is 0 Å². The number of amides is 1. The van der Waals surface area contributed by atoms with Crippen molar-refractivity contribution in [3.63, 3.8) is 0 Å². The van der Waals surface area contributed by atoms with Crippen LogP contribution < -0.4 is 4.74 Å². The molecule has 2 aliphatic rings. The van der Waals surface area contributed by atoms with Crippen LogP contribution in [0.2, 0.25) is 0 Å². The number of sulfonamides is 1. The second-order valence-corrected chi connectivity index (χ2v) is 11.0. The molecule has 2 fully saturated rings. The van der Waals surface area contributed by atoms with Gasteiger partial charge in [0.05, 0.1) is 18.1 Å². The minimum atomic E-state index is -4.15. The SMILES string of the molecule is COc1ncccc1-c1ccc(/C=C/[C@@H]2[C@@H]3[C@@H](C)N(C(C)=O)S(=O)(=O)[C@@H]3CC(F)(F)[C@H]2C)nc1. The summed E-state index contributed by atoms with van der Waals surface area (Å²) in [5.41, 5.74) is 2.10. The molecule has 34 heavy (non-hydrogen) atoms. The molecule has 1 amide bonds. The number of ether oxygens (including phenoxy) is 1. The number of alkyl halides is 2. The Hall–Kier alpha value is -2.88. The lowest BCUT2D eigenvalue weighted by atomic mass is 9.67. The van der Waals surface area contributed by atoms with Gasteiger partial charge in [0.15, 0.2) is 0 Å². The van der Waals surface area contributed by atoms with Crippen LogP contribution in [0.1, 0.15) is 32.9 Å². The molecule has 4 rings (SSSR count). The largest absolute Gasteiger partial charge is 0.481 e. The molecule has 2 aromatic rings. The molecule has 0 unspecified atom stereocenters. The van der Waals surface area contributed by atoms with E-state index in [-0.39, 0.29) is 0 Å². The standard InChI is InChI=1S/C24H27F2N3O4S/c1-14-19(22-15(2)29(16(3)30)34(31,32)21(22)12-24(14,25)26)10-9-18-8-7-17(13-28-18)20-6-5-11-27-23(20)33-4/h5-11,13-15,19,21-22H,12H2,1-4H3/b10-9+/t14-,15+,19-,21+,22-/m0/s1. The van der Waals surface area contributed by atoms with Gasteiger partial charge in [0.2, 0.25) is 21.8 Å². The first-order chi connectivity index (χ1) is 16.0. The Labute approximate surface area is 197 Å². The molecule has 5 atom stereocenters. The number of fused-ring (bicyclic) bond motifs is 1. The number of hydrogen-bond donors (Lipinski definition) is 0. The van der Waals surface area contributed by atoms with E-state index in [4.69, 9.17) is 4.74 Å². The van der Waals surface area contributed by atoms with Crippen LogP contribution in [0.5, 0.6) is 5.88 Å². The monoisotopic (exact) mass is 491 g/mol. The van der Waals surface area contributed by atoms with Crippen molar-refractivity contribution in [2.24, 2.45) is 17.8 Å². The summed E-state index contributed by atoms with van der Waals surface area (Å²) in [5, 5.41) is -1.30. The molecule has 10 heteroatoms. The van der Waals surface area contributed by atoms with Crippen molar-refractivity contribution in [1.29, 1.82) is 0 Å². The van der Waals surface area contributed by atoms with Gasteiger partial charge in [0, 0.05) is 54.7 Å². The number of aromatic nitrogens is 2. The summed E-state index contributed by atoms with van der Waals surface area (Å²) < 4.78 is 61.7. The molecule has 0 radical (unpaired) electrons. The Morgan fingerprint density at radius 3 is 2.59 bits per heavy atom. The number of rotatable bonds is 4. The maximum Gasteiger partial charge on any atom is 0.252 e. The Bertz CT molecular complexity index is 1220. The van der Waals surface area contributed by atoms with Crippen LogP contribution in [-0.2, 0) is 14.8 Å². The number of methoxy groups -OCH3 is 1. The fourth-order valence-electron chi connectivity index (χ4n) is 5.33. The number of nitrogens with zero attached hydrogens (tertiary/aromatic N) is 3. The topological polar surface area (TPSA) is 89.5 Å². The summed E-state index contributed by atoms with van der Waals surface area (Å²) in [6, 6.07) is 6.52. The molecular weight excluding hydrogens is 464 g/mol. The Kier molecular flexibility index (Phi) is 6.22. The first-order valence-corrected chi connectivity index (χ1v) is 12.5. The highest BCUT2D eigenvalue weighted by Gasteiger charge is 2.63. The zero-order valence-corrected chi connectivity index (χ0v) is 20.2. The van der Waals surface area contributed by atoms with Crippen LogP contribution in [0.4, 0.5) is 8.78 Å². The first-order valence-electron chi connectivity index (χ1n) is 11.0. The maximum absolute atomic E-state index is 14.9. The Morgan fingerprint density at radius 1 is 1.24 bits per heavy atom. The number of pyridine rings is 2. The van der Waals surface area contributed by atoms with E-state index in [1.54, 1.807) is 43.6 Å². The smallest absolute Gasteiger partial charge is 0.252 e. The molecule has 7 nitrogen and oxygen atoms in total. The average molecular weight is 492 g/mol. The Morgan fingerprint density at radius 2 is 1.97 bits per heavy atom. The van der Waals surface area contributed by atoms with Crippen LogP contribution in [0.25, 0.3) is 17.2 Å². The van der Waals surface area contributed by atoms with E-state index in [0.29, 0.717) is 11.6 Å². The second kappa shape index (κ2) is 8.72. The summed E-state index contributed by atoms with van der Waals surface area (Å²) in [4.78, 5) is 20.6. The molecule has 3 heterocycles. The lowest BCUT2D eigenvalue weighted by Gasteiger charge is -2.41. The van der Waals surface area contributed by atoms with Gasteiger partial charge in [-0.05, 0) is 37.1 Å².